The van der Waals surface area contributed by atoms with Gasteiger partial charge in [0.25, 0.3) is 0 Å². The van der Waals surface area contributed by atoms with Crippen molar-refractivity contribution in [3.63, 3.8) is 0 Å². The normalized spacial score (nSPS) is 22.8. The molecule has 2 heterocycles. The lowest BCUT2D eigenvalue weighted by Gasteiger charge is -2.09. The first-order chi connectivity index (χ1) is 13.3. The fourth-order valence-corrected chi connectivity index (χ4v) is 6.79. The van der Waals surface area contributed by atoms with Gasteiger partial charge in [0.05, 0.1) is 30.1 Å². The highest BCUT2D eigenvalue weighted by molar-refractivity contribution is 8.15. The summed E-state index contributed by atoms with van der Waals surface area (Å²) >= 11 is 1.49. The first-order valence-corrected chi connectivity index (χ1v) is 12.2. The van der Waals surface area contributed by atoms with Crippen molar-refractivity contribution in [1.29, 1.82) is 0 Å². The van der Waals surface area contributed by atoms with E-state index in [0.29, 0.717) is 19.6 Å². The van der Waals surface area contributed by atoms with E-state index in [2.05, 4.69) is 15.6 Å². The minimum absolute atomic E-state index is 0.00462. The molecule has 0 spiro atoms. The number of carbonyl (C=O) groups is 1. The number of anilines is 1. The van der Waals surface area contributed by atoms with Crippen molar-refractivity contribution in [2.45, 2.75) is 44.1 Å². The van der Waals surface area contributed by atoms with Crippen molar-refractivity contribution in [2.75, 3.05) is 30.0 Å². The van der Waals surface area contributed by atoms with Gasteiger partial charge in [-0.1, -0.05) is 23.9 Å². The van der Waals surface area contributed by atoms with Gasteiger partial charge in [-0.3, -0.25) is 9.79 Å². The van der Waals surface area contributed by atoms with E-state index in [0.717, 1.165) is 22.8 Å². The Balaban J connectivity index is 1.41. The number of hydrogen-bond donors (Lipinski definition) is 2. The van der Waals surface area contributed by atoms with Crippen molar-refractivity contribution in [3.8, 4) is 0 Å². The van der Waals surface area contributed by atoms with Crippen LogP contribution in [0.25, 0.3) is 0 Å². The van der Waals surface area contributed by atoms with Crippen LogP contribution in [-0.2, 0) is 25.8 Å². The van der Waals surface area contributed by atoms with E-state index in [1.807, 2.05) is 38.1 Å². The fraction of sp³-hybridized carbons (Fsp3) is 0.579. The van der Waals surface area contributed by atoms with Crippen LogP contribution in [0.5, 0.6) is 0 Å². The number of hydrogen-bond acceptors (Lipinski definition) is 7. The molecular weight excluding hydrogens is 398 g/mol. The van der Waals surface area contributed by atoms with E-state index in [1.165, 1.54) is 11.8 Å². The molecule has 7 nitrogen and oxygen atoms in total. The molecule has 0 saturated carbocycles. The lowest BCUT2D eigenvalue weighted by molar-refractivity contribution is -0.120. The lowest BCUT2D eigenvalue weighted by Crippen LogP contribution is -2.27. The number of aliphatic imine (C=N–C) groups is 1. The van der Waals surface area contributed by atoms with Gasteiger partial charge in [-0.15, -0.1) is 0 Å². The highest BCUT2D eigenvalue weighted by Gasteiger charge is 2.42. The second kappa shape index (κ2) is 9.28. The molecule has 1 fully saturated rings. The number of nitrogens with zero attached hydrogens (tertiary/aromatic N) is 1. The molecule has 0 bridgehead atoms. The van der Waals surface area contributed by atoms with Crippen molar-refractivity contribution in [1.82, 2.24) is 5.32 Å². The Labute approximate surface area is 170 Å². The molecule has 0 unspecified atom stereocenters. The summed E-state index contributed by atoms with van der Waals surface area (Å²) in [6, 6.07) is 7.51. The second-order valence-corrected chi connectivity index (χ2v) is 10.7. The topological polar surface area (TPSA) is 96.9 Å². The van der Waals surface area contributed by atoms with Crippen molar-refractivity contribution >= 4 is 38.4 Å². The summed E-state index contributed by atoms with van der Waals surface area (Å²) in [4.78, 5) is 16.5. The van der Waals surface area contributed by atoms with Crippen LogP contribution in [-0.4, -0.2) is 61.5 Å². The molecule has 2 aliphatic rings. The number of carbonyl (C=O) groups excluding carboxylic acids is 1. The molecule has 2 N–H and O–H groups in total. The largest absolute Gasteiger partial charge is 0.379 e. The summed E-state index contributed by atoms with van der Waals surface area (Å²) < 4.78 is 28.7. The summed E-state index contributed by atoms with van der Waals surface area (Å²) in [6.45, 7) is 5.24. The Hall–Kier alpha value is -1.58. The van der Waals surface area contributed by atoms with E-state index >= 15 is 0 Å². The summed E-state index contributed by atoms with van der Waals surface area (Å²) in [6.07, 6.45) is 1.35. The third kappa shape index (κ3) is 6.22. The molecule has 2 atom stereocenters. The average molecular weight is 426 g/mol. The van der Waals surface area contributed by atoms with Gasteiger partial charge < -0.3 is 15.4 Å². The number of fused-ring (bicyclic) bond motifs is 1. The Kier molecular flexibility index (Phi) is 7.00. The summed E-state index contributed by atoms with van der Waals surface area (Å²) in [5, 5.41) is 6.93. The van der Waals surface area contributed by atoms with Gasteiger partial charge in [-0.25, -0.2) is 8.42 Å². The van der Waals surface area contributed by atoms with Gasteiger partial charge >= 0.3 is 0 Å². The third-order valence-electron chi connectivity index (χ3n) is 4.48. The number of sulfone groups is 1. The molecule has 1 aromatic rings. The Morgan fingerprint density at radius 3 is 2.71 bits per heavy atom. The molecule has 28 heavy (non-hydrogen) atoms. The van der Waals surface area contributed by atoms with Crippen molar-refractivity contribution in [3.05, 3.63) is 29.8 Å². The highest BCUT2D eigenvalue weighted by atomic mass is 32.2. The van der Waals surface area contributed by atoms with Crippen LogP contribution >= 0.6 is 11.8 Å². The van der Waals surface area contributed by atoms with Crippen LogP contribution in [0.4, 0.5) is 5.69 Å². The van der Waals surface area contributed by atoms with Gasteiger partial charge in [-0.05, 0) is 38.0 Å². The zero-order valence-corrected chi connectivity index (χ0v) is 17.8. The molecule has 3 rings (SSSR count). The van der Waals surface area contributed by atoms with E-state index in [-0.39, 0.29) is 34.8 Å². The van der Waals surface area contributed by atoms with E-state index in [4.69, 9.17) is 4.74 Å². The van der Waals surface area contributed by atoms with Crippen LogP contribution in [0.2, 0.25) is 0 Å². The SMILES string of the molecule is CC(C)OCCCNC(=O)Cc1ccc(NC2=N[C@@H]3CS(=O)(=O)C[C@H]3S2)cc1. The van der Waals surface area contributed by atoms with Crippen LogP contribution in [0.15, 0.2) is 29.3 Å². The summed E-state index contributed by atoms with van der Waals surface area (Å²) in [7, 11) is -2.93. The first kappa shape index (κ1) is 21.1. The molecule has 2 aliphatic heterocycles. The quantitative estimate of drug-likeness (QED) is 0.617. The molecule has 1 amide bonds. The van der Waals surface area contributed by atoms with Crippen molar-refractivity contribution < 1.29 is 17.9 Å². The van der Waals surface area contributed by atoms with Gasteiger partial charge in [0.2, 0.25) is 5.91 Å². The molecule has 9 heteroatoms. The molecule has 154 valence electrons. The standard InChI is InChI=1S/C19H27N3O4S2/c1-13(2)26-9-3-8-20-18(23)10-14-4-6-15(7-5-14)21-19-22-16-11-28(24,25)12-17(16)27-19/h4-7,13,16-17H,3,8-12H2,1-2H3,(H,20,23)(H,21,22)/t16-,17-/m1/s1. The number of benzene rings is 1. The van der Waals surface area contributed by atoms with Gasteiger partial charge in [0, 0.05) is 24.1 Å². The minimum Gasteiger partial charge on any atom is -0.379 e. The van der Waals surface area contributed by atoms with E-state index in [1.54, 1.807) is 0 Å². The number of rotatable bonds is 8. The van der Waals surface area contributed by atoms with Gasteiger partial charge in [0.15, 0.2) is 15.0 Å². The first-order valence-electron chi connectivity index (χ1n) is 9.50. The fourth-order valence-electron chi connectivity index (χ4n) is 3.11. The van der Waals surface area contributed by atoms with Gasteiger partial charge in [0.1, 0.15) is 0 Å². The Morgan fingerprint density at radius 2 is 2.04 bits per heavy atom. The Morgan fingerprint density at radius 1 is 1.29 bits per heavy atom. The summed E-state index contributed by atoms with van der Waals surface area (Å²) in [5.41, 5.74) is 1.81. The second-order valence-electron chi connectivity index (χ2n) is 7.36. The zero-order valence-electron chi connectivity index (χ0n) is 16.2. The minimum atomic E-state index is -2.93. The molecule has 1 aromatic carbocycles. The maximum Gasteiger partial charge on any atom is 0.224 e. The van der Waals surface area contributed by atoms with Crippen LogP contribution < -0.4 is 10.6 Å². The predicted molar refractivity (Wildman–Crippen MR) is 114 cm³/mol. The number of amidine groups is 1. The monoisotopic (exact) mass is 425 g/mol. The van der Waals surface area contributed by atoms with Crippen molar-refractivity contribution in [2.24, 2.45) is 4.99 Å². The van der Waals surface area contributed by atoms with Crippen LogP contribution in [0.1, 0.15) is 25.8 Å². The van der Waals surface area contributed by atoms with E-state index < -0.39 is 9.84 Å². The third-order valence-corrected chi connectivity index (χ3v) is 7.62. The number of amides is 1. The number of thioether (sulfide) groups is 1. The predicted octanol–water partition coefficient (Wildman–Crippen LogP) is 1.84. The van der Waals surface area contributed by atoms with Crippen LogP contribution in [0, 0.1) is 0 Å². The lowest BCUT2D eigenvalue weighted by atomic mass is 10.1. The molecule has 0 radical (unpaired) electrons. The Bertz CT molecular complexity index is 822. The molecule has 1 saturated heterocycles. The summed E-state index contributed by atoms with van der Waals surface area (Å²) in [5.74, 6) is 0.345. The number of nitrogens with one attached hydrogen (secondary N) is 2. The number of ether oxygens (including phenoxy) is 1. The molecule has 0 aliphatic carbocycles. The zero-order chi connectivity index (χ0) is 20.1. The highest BCUT2D eigenvalue weighted by Crippen LogP contribution is 2.34. The maximum absolute atomic E-state index is 12.0. The smallest absolute Gasteiger partial charge is 0.224 e. The van der Waals surface area contributed by atoms with Gasteiger partial charge in [-0.2, -0.15) is 0 Å². The average Bonchev–Trinajstić information content (AvgIpc) is 3.08. The molecule has 0 aromatic heterocycles. The molecular formula is C19H27N3O4S2. The van der Waals surface area contributed by atoms with Crippen LogP contribution in [0.3, 0.4) is 0 Å². The maximum atomic E-state index is 12.0. The van der Waals surface area contributed by atoms with E-state index in [9.17, 15) is 13.2 Å².